The summed E-state index contributed by atoms with van der Waals surface area (Å²) in [7, 11) is 1.58. The van der Waals surface area contributed by atoms with Gasteiger partial charge in [-0.3, -0.25) is 4.79 Å². The van der Waals surface area contributed by atoms with Crippen LogP contribution in [0.4, 0.5) is 5.82 Å². The van der Waals surface area contributed by atoms with Gasteiger partial charge in [-0.25, -0.2) is 0 Å². The summed E-state index contributed by atoms with van der Waals surface area (Å²) in [4.78, 5) is 13.6. The third-order valence-corrected chi connectivity index (χ3v) is 3.90. The Morgan fingerprint density at radius 2 is 2.11 bits per heavy atom. The Hall–Kier alpha value is -1.69. The van der Waals surface area contributed by atoms with Gasteiger partial charge in [-0.15, -0.1) is 10.2 Å². The molecular formula is C13H21N5O. The van der Waals surface area contributed by atoms with Gasteiger partial charge in [-0.2, -0.15) is 0 Å². The van der Waals surface area contributed by atoms with Crippen LogP contribution < -0.4 is 16.0 Å². The van der Waals surface area contributed by atoms with Crippen LogP contribution in [0.25, 0.3) is 0 Å². The number of hydrogen-bond donors (Lipinski definition) is 2. The van der Waals surface area contributed by atoms with Crippen LogP contribution in [0, 0.1) is 5.41 Å². The average Bonchev–Trinajstić information content (AvgIpc) is 2.47. The van der Waals surface area contributed by atoms with Crippen LogP contribution in [0.15, 0.2) is 12.1 Å². The maximum absolute atomic E-state index is 11.4. The van der Waals surface area contributed by atoms with E-state index in [2.05, 4.69) is 27.3 Å². The van der Waals surface area contributed by atoms with E-state index >= 15 is 0 Å². The molecule has 1 amide bonds. The van der Waals surface area contributed by atoms with Crippen molar-refractivity contribution in [2.45, 2.75) is 19.8 Å². The molecule has 1 aliphatic heterocycles. The first-order valence-electron chi connectivity index (χ1n) is 6.59. The lowest BCUT2D eigenvalue weighted by atomic mass is 9.80. The van der Waals surface area contributed by atoms with E-state index < -0.39 is 0 Å². The van der Waals surface area contributed by atoms with Gasteiger partial charge in [0.2, 0.25) is 0 Å². The molecule has 104 valence electrons. The molecule has 0 spiro atoms. The number of aromatic nitrogens is 2. The molecule has 1 fully saturated rings. The van der Waals surface area contributed by atoms with Crippen LogP contribution in [-0.4, -0.2) is 42.8 Å². The minimum Gasteiger partial charge on any atom is -0.355 e. The summed E-state index contributed by atoms with van der Waals surface area (Å²) < 4.78 is 0. The van der Waals surface area contributed by atoms with Crippen molar-refractivity contribution in [1.82, 2.24) is 15.5 Å². The number of nitrogens with one attached hydrogen (secondary N) is 1. The van der Waals surface area contributed by atoms with Crippen molar-refractivity contribution < 1.29 is 4.79 Å². The van der Waals surface area contributed by atoms with Gasteiger partial charge in [0, 0.05) is 20.1 Å². The maximum Gasteiger partial charge on any atom is 0.271 e. The Morgan fingerprint density at radius 3 is 2.58 bits per heavy atom. The van der Waals surface area contributed by atoms with Gasteiger partial charge in [0.25, 0.3) is 5.91 Å². The first-order chi connectivity index (χ1) is 9.08. The van der Waals surface area contributed by atoms with Gasteiger partial charge >= 0.3 is 0 Å². The molecule has 6 heteroatoms. The van der Waals surface area contributed by atoms with Crippen molar-refractivity contribution in [2.75, 3.05) is 31.6 Å². The first kappa shape index (κ1) is 13.7. The van der Waals surface area contributed by atoms with Gasteiger partial charge < -0.3 is 16.0 Å². The lowest BCUT2D eigenvalue weighted by Gasteiger charge is -2.39. The van der Waals surface area contributed by atoms with Crippen molar-refractivity contribution in [3.05, 3.63) is 17.8 Å². The maximum atomic E-state index is 11.4. The second-order valence-corrected chi connectivity index (χ2v) is 5.36. The van der Waals surface area contributed by atoms with Crippen LogP contribution in [-0.2, 0) is 0 Å². The number of nitrogens with zero attached hydrogens (tertiary/aromatic N) is 3. The molecule has 1 saturated heterocycles. The summed E-state index contributed by atoms with van der Waals surface area (Å²) in [6, 6.07) is 3.56. The number of carbonyl (C=O) groups excluding carboxylic acids is 1. The van der Waals surface area contributed by atoms with E-state index in [1.54, 1.807) is 13.1 Å². The van der Waals surface area contributed by atoms with E-state index in [9.17, 15) is 4.79 Å². The van der Waals surface area contributed by atoms with Crippen molar-refractivity contribution >= 4 is 11.7 Å². The highest BCUT2D eigenvalue weighted by molar-refractivity contribution is 5.91. The largest absolute Gasteiger partial charge is 0.355 e. The van der Waals surface area contributed by atoms with E-state index in [4.69, 9.17) is 5.73 Å². The fourth-order valence-corrected chi connectivity index (χ4v) is 2.22. The van der Waals surface area contributed by atoms with E-state index in [1.807, 2.05) is 6.07 Å². The van der Waals surface area contributed by atoms with Crippen LogP contribution in [0.5, 0.6) is 0 Å². The fraction of sp³-hybridized carbons (Fsp3) is 0.615. The smallest absolute Gasteiger partial charge is 0.271 e. The molecule has 1 aromatic rings. The van der Waals surface area contributed by atoms with Crippen LogP contribution in [0.1, 0.15) is 30.3 Å². The summed E-state index contributed by atoms with van der Waals surface area (Å²) in [6.45, 7) is 4.82. The molecule has 0 radical (unpaired) electrons. The first-order valence-corrected chi connectivity index (χ1v) is 6.59. The quantitative estimate of drug-likeness (QED) is 0.824. The van der Waals surface area contributed by atoms with E-state index in [0.717, 1.165) is 38.3 Å². The molecule has 3 N–H and O–H groups in total. The highest BCUT2D eigenvalue weighted by atomic mass is 16.1. The van der Waals surface area contributed by atoms with Gasteiger partial charge in [0.15, 0.2) is 11.5 Å². The monoisotopic (exact) mass is 263 g/mol. The molecule has 0 saturated carbocycles. The summed E-state index contributed by atoms with van der Waals surface area (Å²) in [5.41, 5.74) is 6.38. The third-order valence-electron chi connectivity index (χ3n) is 3.90. The summed E-state index contributed by atoms with van der Waals surface area (Å²) in [5, 5.41) is 10.6. The predicted molar refractivity (Wildman–Crippen MR) is 74.0 cm³/mol. The van der Waals surface area contributed by atoms with Gasteiger partial charge in [0.1, 0.15) is 0 Å². The van der Waals surface area contributed by atoms with E-state index in [0.29, 0.717) is 5.69 Å². The topological polar surface area (TPSA) is 84.1 Å². The number of anilines is 1. The highest BCUT2D eigenvalue weighted by Crippen LogP contribution is 2.30. The number of amides is 1. The molecule has 0 atom stereocenters. The fourth-order valence-electron chi connectivity index (χ4n) is 2.22. The Bertz CT molecular complexity index is 437. The number of piperidine rings is 1. The van der Waals surface area contributed by atoms with Crippen molar-refractivity contribution in [1.29, 1.82) is 0 Å². The van der Waals surface area contributed by atoms with Crippen LogP contribution in [0.2, 0.25) is 0 Å². The SMILES string of the molecule is CNC(=O)c1ccc(N2CCC(C)(CN)CC2)nn1. The van der Waals surface area contributed by atoms with Crippen LogP contribution >= 0.6 is 0 Å². The zero-order valence-electron chi connectivity index (χ0n) is 11.5. The number of rotatable bonds is 3. The molecular weight excluding hydrogens is 242 g/mol. The summed E-state index contributed by atoms with van der Waals surface area (Å²) in [5.74, 6) is 0.611. The average molecular weight is 263 g/mol. The van der Waals surface area contributed by atoms with Crippen molar-refractivity contribution in [2.24, 2.45) is 11.1 Å². The molecule has 6 nitrogen and oxygen atoms in total. The molecule has 0 aromatic carbocycles. The zero-order valence-corrected chi connectivity index (χ0v) is 11.5. The highest BCUT2D eigenvalue weighted by Gasteiger charge is 2.29. The van der Waals surface area contributed by atoms with Gasteiger partial charge in [0.05, 0.1) is 0 Å². The lowest BCUT2D eigenvalue weighted by molar-refractivity contribution is 0.0957. The number of carbonyl (C=O) groups is 1. The van der Waals surface area contributed by atoms with Crippen molar-refractivity contribution in [3.8, 4) is 0 Å². The molecule has 0 unspecified atom stereocenters. The normalized spacial score (nSPS) is 18.2. The molecule has 19 heavy (non-hydrogen) atoms. The summed E-state index contributed by atoms with van der Waals surface area (Å²) >= 11 is 0. The minimum absolute atomic E-state index is 0.214. The van der Waals surface area contributed by atoms with E-state index in [1.165, 1.54) is 0 Å². The molecule has 0 bridgehead atoms. The van der Waals surface area contributed by atoms with E-state index in [-0.39, 0.29) is 11.3 Å². The Morgan fingerprint density at radius 1 is 1.42 bits per heavy atom. The van der Waals surface area contributed by atoms with Crippen LogP contribution in [0.3, 0.4) is 0 Å². The minimum atomic E-state index is -0.214. The second-order valence-electron chi connectivity index (χ2n) is 5.36. The second kappa shape index (κ2) is 5.52. The van der Waals surface area contributed by atoms with Crippen molar-refractivity contribution in [3.63, 3.8) is 0 Å². The Balaban J connectivity index is 2.02. The van der Waals surface area contributed by atoms with Gasteiger partial charge in [-0.1, -0.05) is 6.92 Å². The standard InChI is InChI=1S/C13H21N5O/c1-13(9-14)5-7-18(8-6-13)11-4-3-10(16-17-11)12(19)15-2/h3-4H,5-9,14H2,1-2H3,(H,15,19). The summed E-state index contributed by atoms with van der Waals surface area (Å²) in [6.07, 6.45) is 2.12. The Kier molecular flexibility index (Phi) is 3.99. The number of nitrogens with two attached hydrogens (primary N) is 1. The van der Waals surface area contributed by atoms with Gasteiger partial charge in [-0.05, 0) is 36.9 Å². The molecule has 0 aliphatic carbocycles. The predicted octanol–water partition coefficient (Wildman–Crippen LogP) is 0.401. The third kappa shape index (κ3) is 3.01. The zero-order chi connectivity index (χ0) is 13.9. The lowest BCUT2D eigenvalue weighted by Crippen LogP contribution is -2.42. The molecule has 2 rings (SSSR count). The Labute approximate surface area is 113 Å². The number of hydrogen-bond acceptors (Lipinski definition) is 5. The molecule has 1 aliphatic rings. The molecule has 2 heterocycles. The molecule has 1 aromatic heterocycles.